The molecule has 2 aliphatic heterocycles. The number of thioether (sulfide) groups is 1. The van der Waals surface area contributed by atoms with Crippen molar-refractivity contribution in [3.05, 3.63) is 39.9 Å². The number of hydrogen-bond acceptors (Lipinski definition) is 5. The third-order valence-electron chi connectivity index (χ3n) is 9.05. The smallest absolute Gasteiger partial charge is 0.270 e. The Bertz CT molecular complexity index is 968. The Morgan fingerprint density at radius 1 is 1.00 bits per heavy atom. The number of hydrogen-bond donors (Lipinski definition) is 0. The normalized spacial score (nSPS) is 34.1. The lowest BCUT2D eigenvalue weighted by Gasteiger charge is -2.57. The highest BCUT2D eigenvalue weighted by molar-refractivity contribution is 8.00. The molecular weight excluding hydrogens is 438 g/mol. The largest absolute Gasteiger partial charge is 0.342 e. The molecule has 7 rings (SSSR count). The number of rotatable bonds is 3. The first-order chi connectivity index (χ1) is 15.9. The molecule has 0 radical (unpaired) electrons. The van der Waals surface area contributed by atoms with Crippen molar-refractivity contribution in [1.82, 2.24) is 9.80 Å². The van der Waals surface area contributed by atoms with Crippen molar-refractivity contribution in [2.75, 3.05) is 25.4 Å². The summed E-state index contributed by atoms with van der Waals surface area (Å²) in [7, 11) is 0. The standard InChI is InChI=1S/C25H31N3O4S/c29-22(20-2-1-3-21(13-20)28(31)32)27-8-9-33-25(27)4-6-26(7-5-25)23(30)24-14-17-10-18(15-24)12-19(11-17)16-24/h1-3,13,17-19H,4-12,14-16H2. The molecule has 4 aliphatic carbocycles. The van der Waals surface area contributed by atoms with E-state index in [2.05, 4.69) is 4.90 Å². The molecule has 6 aliphatic rings. The first kappa shape index (κ1) is 21.4. The van der Waals surface area contributed by atoms with Crippen LogP contribution in [0.4, 0.5) is 5.69 Å². The molecule has 0 atom stereocenters. The zero-order chi connectivity index (χ0) is 22.8. The average molecular weight is 470 g/mol. The van der Waals surface area contributed by atoms with Crippen LogP contribution in [-0.2, 0) is 4.79 Å². The van der Waals surface area contributed by atoms with Gasteiger partial charge >= 0.3 is 0 Å². The number of likely N-dealkylation sites (tertiary alicyclic amines) is 1. The molecule has 1 aromatic rings. The first-order valence-electron chi connectivity index (χ1n) is 12.4. The molecule has 6 fully saturated rings. The van der Waals surface area contributed by atoms with Crippen LogP contribution in [0.5, 0.6) is 0 Å². The van der Waals surface area contributed by atoms with Crippen LogP contribution in [0, 0.1) is 33.3 Å². The predicted octanol–water partition coefficient (Wildman–Crippen LogP) is 4.32. The fourth-order valence-corrected chi connectivity index (χ4v) is 9.44. The Kier molecular flexibility index (Phi) is 5.02. The summed E-state index contributed by atoms with van der Waals surface area (Å²) in [6.07, 6.45) is 8.82. The van der Waals surface area contributed by atoms with Gasteiger partial charge in [-0.15, -0.1) is 11.8 Å². The Morgan fingerprint density at radius 3 is 2.24 bits per heavy atom. The molecule has 2 amide bonds. The minimum atomic E-state index is -0.459. The van der Waals surface area contributed by atoms with Crippen LogP contribution in [0.25, 0.3) is 0 Å². The molecule has 4 saturated carbocycles. The van der Waals surface area contributed by atoms with Gasteiger partial charge in [-0.25, -0.2) is 0 Å². The third kappa shape index (κ3) is 3.47. The van der Waals surface area contributed by atoms with Crippen LogP contribution >= 0.6 is 11.8 Å². The number of carbonyl (C=O) groups excluding carboxylic acids is 2. The summed E-state index contributed by atoms with van der Waals surface area (Å²) in [5, 5.41) is 11.2. The van der Waals surface area contributed by atoms with Gasteiger partial charge in [0.1, 0.15) is 0 Å². The number of nitrogens with zero attached hydrogens (tertiary/aromatic N) is 3. The number of piperidine rings is 1. The van der Waals surface area contributed by atoms with Crippen LogP contribution in [-0.4, -0.2) is 56.8 Å². The summed E-state index contributed by atoms with van der Waals surface area (Å²) >= 11 is 1.81. The molecule has 2 heterocycles. The monoisotopic (exact) mass is 469 g/mol. The number of benzene rings is 1. The van der Waals surface area contributed by atoms with Crippen LogP contribution in [0.3, 0.4) is 0 Å². The second-order valence-corrected chi connectivity index (χ2v) is 12.5. The third-order valence-corrected chi connectivity index (χ3v) is 10.6. The summed E-state index contributed by atoms with van der Waals surface area (Å²) in [6, 6.07) is 6.04. The van der Waals surface area contributed by atoms with Gasteiger partial charge in [0.05, 0.1) is 15.2 Å². The van der Waals surface area contributed by atoms with Crippen molar-refractivity contribution in [2.24, 2.45) is 23.2 Å². The fraction of sp³-hybridized carbons (Fsp3) is 0.680. The molecular formula is C25H31N3O4S. The molecule has 1 aromatic carbocycles. The minimum Gasteiger partial charge on any atom is -0.342 e. The molecule has 176 valence electrons. The van der Waals surface area contributed by atoms with Gasteiger partial charge in [0.25, 0.3) is 11.6 Å². The Balaban J connectivity index is 1.16. The van der Waals surface area contributed by atoms with Gasteiger partial charge in [0.15, 0.2) is 0 Å². The summed E-state index contributed by atoms with van der Waals surface area (Å²) in [5.41, 5.74) is 0.205. The van der Waals surface area contributed by atoms with Crippen molar-refractivity contribution in [2.45, 2.75) is 56.2 Å². The number of nitro benzene ring substituents is 1. The zero-order valence-electron chi connectivity index (χ0n) is 18.9. The summed E-state index contributed by atoms with van der Waals surface area (Å²) in [6.45, 7) is 2.05. The molecule has 8 heteroatoms. The van der Waals surface area contributed by atoms with E-state index in [1.54, 1.807) is 12.1 Å². The van der Waals surface area contributed by atoms with Crippen LogP contribution < -0.4 is 0 Å². The van der Waals surface area contributed by atoms with E-state index in [9.17, 15) is 19.7 Å². The number of non-ortho nitro benzene ring substituents is 1. The first-order valence-corrected chi connectivity index (χ1v) is 13.4. The van der Waals surface area contributed by atoms with Crippen molar-refractivity contribution in [3.8, 4) is 0 Å². The van der Waals surface area contributed by atoms with Gasteiger partial charge in [0, 0.05) is 43.1 Å². The van der Waals surface area contributed by atoms with Crippen molar-refractivity contribution >= 4 is 29.3 Å². The van der Waals surface area contributed by atoms with E-state index < -0.39 is 4.92 Å². The van der Waals surface area contributed by atoms with Gasteiger partial charge in [0.2, 0.25) is 5.91 Å². The predicted molar refractivity (Wildman–Crippen MR) is 126 cm³/mol. The molecule has 0 N–H and O–H groups in total. The van der Waals surface area contributed by atoms with E-state index in [1.807, 2.05) is 16.7 Å². The molecule has 33 heavy (non-hydrogen) atoms. The molecule has 2 saturated heterocycles. The Morgan fingerprint density at radius 2 is 1.64 bits per heavy atom. The molecule has 1 spiro atoms. The summed E-state index contributed by atoms with van der Waals surface area (Å²) < 4.78 is 0. The molecule has 4 bridgehead atoms. The van der Waals surface area contributed by atoms with Crippen LogP contribution in [0.1, 0.15) is 61.7 Å². The van der Waals surface area contributed by atoms with Crippen molar-refractivity contribution < 1.29 is 14.5 Å². The lowest BCUT2D eigenvalue weighted by atomic mass is 9.49. The maximum absolute atomic E-state index is 13.8. The second-order valence-electron chi connectivity index (χ2n) is 11.0. The maximum Gasteiger partial charge on any atom is 0.270 e. The van der Waals surface area contributed by atoms with E-state index in [-0.39, 0.29) is 21.9 Å². The van der Waals surface area contributed by atoms with Crippen LogP contribution in [0.2, 0.25) is 0 Å². The van der Waals surface area contributed by atoms with Crippen molar-refractivity contribution in [1.29, 1.82) is 0 Å². The van der Waals surface area contributed by atoms with Gasteiger partial charge in [-0.1, -0.05) is 6.07 Å². The van der Waals surface area contributed by atoms with Crippen molar-refractivity contribution in [3.63, 3.8) is 0 Å². The van der Waals surface area contributed by atoms with E-state index in [4.69, 9.17) is 0 Å². The van der Waals surface area contributed by atoms with E-state index in [0.717, 1.165) is 55.6 Å². The lowest BCUT2D eigenvalue weighted by molar-refractivity contribution is -0.384. The fourth-order valence-electron chi connectivity index (χ4n) is 7.98. The summed E-state index contributed by atoms with van der Waals surface area (Å²) in [4.78, 5) is 41.5. The second kappa shape index (κ2) is 7.72. The van der Waals surface area contributed by atoms with E-state index in [0.29, 0.717) is 31.1 Å². The van der Waals surface area contributed by atoms with E-state index >= 15 is 0 Å². The highest BCUT2D eigenvalue weighted by Crippen LogP contribution is 2.61. The average Bonchev–Trinajstić information content (AvgIpc) is 3.20. The highest BCUT2D eigenvalue weighted by Gasteiger charge is 2.56. The SMILES string of the molecule is O=C(c1cccc([N+](=O)[O-])c1)N1CCSC12CCN(C(=O)C13CC4CC(CC(C4)C1)C3)CC2. The topological polar surface area (TPSA) is 83.8 Å². The Hall–Kier alpha value is -2.09. The number of amides is 2. The Labute approximate surface area is 198 Å². The molecule has 7 nitrogen and oxygen atoms in total. The lowest BCUT2D eigenvalue weighted by Crippen LogP contribution is -2.58. The summed E-state index contributed by atoms with van der Waals surface area (Å²) in [5.74, 6) is 3.38. The van der Waals surface area contributed by atoms with E-state index in [1.165, 1.54) is 31.4 Å². The molecule has 0 aromatic heterocycles. The maximum atomic E-state index is 13.8. The molecule has 0 unspecified atom stereocenters. The van der Waals surface area contributed by atoms with Crippen LogP contribution in [0.15, 0.2) is 24.3 Å². The minimum absolute atomic E-state index is 0.0576. The highest BCUT2D eigenvalue weighted by atomic mass is 32.2. The van der Waals surface area contributed by atoms with Gasteiger partial charge in [-0.3, -0.25) is 19.7 Å². The van der Waals surface area contributed by atoms with Gasteiger partial charge in [-0.05, 0) is 75.2 Å². The quantitative estimate of drug-likeness (QED) is 0.486. The number of nitro groups is 1. The zero-order valence-corrected chi connectivity index (χ0v) is 19.7. The van der Waals surface area contributed by atoms with Gasteiger partial charge in [-0.2, -0.15) is 0 Å². The number of carbonyl (C=O) groups is 2. The van der Waals surface area contributed by atoms with Gasteiger partial charge < -0.3 is 9.80 Å².